The van der Waals surface area contributed by atoms with Gasteiger partial charge in [-0.25, -0.2) is 0 Å². The maximum atomic E-state index is 9.81. The standard InChI is InChI=1S/C26H28N2O3/c1-18(2)28-16-24-25(29-3)13-21(14-26(24)30-4)31-17-20-11-8-12-22(23(20)15-27)19-9-6-5-7-10-19/h5-14,18,28H,16-17H2,1-4H3. The van der Waals surface area contributed by atoms with Crippen LogP contribution in [-0.4, -0.2) is 20.3 Å². The fourth-order valence-corrected chi connectivity index (χ4v) is 3.40. The molecule has 0 aliphatic heterocycles. The molecule has 1 N–H and O–H groups in total. The number of benzene rings is 3. The highest BCUT2D eigenvalue weighted by Gasteiger charge is 2.15. The fourth-order valence-electron chi connectivity index (χ4n) is 3.40. The SMILES string of the molecule is COc1cc(OCc2cccc(-c3ccccc3)c2C#N)cc(OC)c1CNC(C)C. The van der Waals surface area contributed by atoms with Gasteiger partial charge in [-0.2, -0.15) is 5.26 Å². The molecule has 3 aromatic rings. The van der Waals surface area contributed by atoms with Crippen LogP contribution < -0.4 is 19.5 Å². The Bertz CT molecular complexity index is 1030. The lowest BCUT2D eigenvalue weighted by atomic mass is 9.96. The Morgan fingerprint density at radius 1 is 0.935 bits per heavy atom. The lowest BCUT2D eigenvalue weighted by Gasteiger charge is -2.18. The van der Waals surface area contributed by atoms with Gasteiger partial charge in [-0.15, -0.1) is 0 Å². The number of nitriles is 1. The summed E-state index contributed by atoms with van der Waals surface area (Å²) in [7, 11) is 3.27. The van der Waals surface area contributed by atoms with E-state index in [1.54, 1.807) is 14.2 Å². The van der Waals surface area contributed by atoms with Crippen molar-refractivity contribution >= 4 is 0 Å². The smallest absolute Gasteiger partial charge is 0.130 e. The number of methoxy groups -OCH3 is 2. The molecular formula is C26H28N2O3. The number of ether oxygens (including phenoxy) is 3. The first kappa shape index (κ1) is 22.2. The Balaban J connectivity index is 1.87. The molecule has 31 heavy (non-hydrogen) atoms. The molecule has 0 aliphatic rings. The van der Waals surface area contributed by atoms with E-state index in [4.69, 9.17) is 14.2 Å². The molecule has 0 fully saturated rings. The van der Waals surface area contributed by atoms with Gasteiger partial charge in [0.15, 0.2) is 0 Å². The van der Waals surface area contributed by atoms with Gasteiger partial charge in [-0.3, -0.25) is 0 Å². The third-order valence-electron chi connectivity index (χ3n) is 5.01. The van der Waals surface area contributed by atoms with Gasteiger partial charge in [0, 0.05) is 30.3 Å². The second kappa shape index (κ2) is 10.5. The van der Waals surface area contributed by atoms with Crippen LogP contribution in [0, 0.1) is 11.3 Å². The van der Waals surface area contributed by atoms with Gasteiger partial charge < -0.3 is 19.5 Å². The van der Waals surface area contributed by atoms with Gasteiger partial charge in [-0.1, -0.05) is 62.4 Å². The van der Waals surface area contributed by atoms with E-state index >= 15 is 0 Å². The first-order chi connectivity index (χ1) is 15.1. The van der Waals surface area contributed by atoms with Crippen molar-refractivity contribution in [2.75, 3.05) is 14.2 Å². The van der Waals surface area contributed by atoms with Crippen LogP contribution in [0.5, 0.6) is 17.2 Å². The van der Waals surface area contributed by atoms with Gasteiger partial charge in [0.25, 0.3) is 0 Å². The lowest BCUT2D eigenvalue weighted by Crippen LogP contribution is -2.22. The average Bonchev–Trinajstić information content (AvgIpc) is 2.81. The Labute approximate surface area is 184 Å². The summed E-state index contributed by atoms with van der Waals surface area (Å²) in [5, 5.41) is 13.2. The Morgan fingerprint density at radius 3 is 2.19 bits per heavy atom. The van der Waals surface area contributed by atoms with Crippen molar-refractivity contribution in [3.05, 3.63) is 77.4 Å². The van der Waals surface area contributed by atoms with Crippen molar-refractivity contribution in [1.29, 1.82) is 5.26 Å². The lowest BCUT2D eigenvalue weighted by molar-refractivity contribution is 0.299. The summed E-state index contributed by atoms with van der Waals surface area (Å²) in [5.41, 5.74) is 4.29. The molecule has 0 heterocycles. The van der Waals surface area contributed by atoms with Crippen LogP contribution in [-0.2, 0) is 13.2 Å². The van der Waals surface area contributed by atoms with E-state index in [0.717, 1.165) is 22.3 Å². The van der Waals surface area contributed by atoms with Gasteiger partial charge >= 0.3 is 0 Å². The van der Waals surface area contributed by atoms with Gasteiger partial charge in [0.05, 0.1) is 25.3 Å². The summed E-state index contributed by atoms with van der Waals surface area (Å²) in [5.74, 6) is 2.01. The van der Waals surface area contributed by atoms with Crippen LogP contribution in [0.1, 0.15) is 30.5 Å². The number of hydrogen-bond acceptors (Lipinski definition) is 5. The van der Waals surface area contributed by atoms with Gasteiger partial charge in [-0.05, 0) is 11.1 Å². The van der Waals surface area contributed by atoms with E-state index in [-0.39, 0.29) is 6.61 Å². The number of rotatable bonds is 9. The third-order valence-corrected chi connectivity index (χ3v) is 5.01. The predicted octanol–water partition coefficient (Wildman–Crippen LogP) is 5.32. The van der Waals surface area contributed by atoms with E-state index in [2.05, 4.69) is 25.2 Å². The van der Waals surface area contributed by atoms with Crippen LogP contribution in [0.2, 0.25) is 0 Å². The van der Waals surface area contributed by atoms with Crippen LogP contribution in [0.25, 0.3) is 11.1 Å². The molecule has 0 spiro atoms. The van der Waals surface area contributed by atoms with Crippen molar-refractivity contribution in [2.24, 2.45) is 0 Å². The molecule has 3 rings (SSSR count). The second-order valence-electron chi connectivity index (χ2n) is 7.45. The van der Waals surface area contributed by atoms with Crippen LogP contribution in [0.3, 0.4) is 0 Å². The van der Waals surface area contributed by atoms with Crippen LogP contribution in [0.4, 0.5) is 0 Å². The first-order valence-electron chi connectivity index (χ1n) is 10.3. The van der Waals surface area contributed by atoms with E-state index < -0.39 is 0 Å². The molecule has 0 saturated heterocycles. The average molecular weight is 417 g/mol. The van der Waals surface area contributed by atoms with Crippen molar-refractivity contribution in [2.45, 2.75) is 33.0 Å². The highest BCUT2D eigenvalue weighted by molar-refractivity contribution is 5.72. The molecule has 0 saturated carbocycles. The zero-order valence-corrected chi connectivity index (χ0v) is 18.4. The Morgan fingerprint density at radius 2 is 1.61 bits per heavy atom. The minimum Gasteiger partial charge on any atom is -0.496 e. The molecule has 0 amide bonds. The highest BCUT2D eigenvalue weighted by atomic mass is 16.5. The summed E-state index contributed by atoms with van der Waals surface area (Å²) >= 11 is 0. The quantitative estimate of drug-likeness (QED) is 0.511. The van der Waals surface area contributed by atoms with Gasteiger partial charge in [0.1, 0.15) is 29.9 Å². The Kier molecular flexibility index (Phi) is 7.53. The Hall–Kier alpha value is -3.49. The monoisotopic (exact) mass is 416 g/mol. The molecule has 160 valence electrons. The van der Waals surface area contributed by atoms with E-state index in [1.807, 2.05) is 60.7 Å². The summed E-state index contributed by atoms with van der Waals surface area (Å²) < 4.78 is 17.2. The number of nitrogens with one attached hydrogen (secondary N) is 1. The molecule has 0 bridgehead atoms. The molecule has 5 nitrogen and oxygen atoms in total. The van der Waals surface area contributed by atoms with E-state index in [0.29, 0.717) is 35.4 Å². The number of nitrogens with zero attached hydrogens (tertiary/aromatic N) is 1. The molecule has 0 aromatic heterocycles. The third kappa shape index (κ3) is 5.36. The minimum absolute atomic E-state index is 0.263. The van der Waals surface area contributed by atoms with Crippen molar-refractivity contribution in [3.63, 3.8) is 0 Å². The molecular weight excluding hydrogens is 388 g/mol. The van der Waals surface area contributed by atoms with Crippen molar-refractivity contribution < 1.29 is 14.2 Å². The molecule has 3 aromatic carbocycles. The summed E-state index contributed by atoms with van der Waals surface area (Å²) in [6.07, 6.45) is 0. The normalized spacial score (nSPS) is 10.6. The molecule has 0 aliphatic carbocycles. The molecule has 0 unspecified atom stereocenters. The topological polar surface area (TPSA) is 63.5 Å². The van der Waals surface area contributed by atoms with Crippen molar-refractivity contribution in [1.82, 2.24) is 5.32 Å². The molecule has 0 radical (unpaired) electrons. The van der Waals surface area contributed by atoms with E-state index in [9.17, 15) is 5.26 Å². The largest absolute Gasteiger partial charge is 0.496 e. The van der Waals surface area contributed by atoms with Gasteiger partial charge in [0.2, 0.25) is 0 Å². The minimum atomic E-state index is 0.263. The molecule has 0 atom stereocenters. The number of hydrogen-bond donors (Lipinski definition) is 1. The zero-order chi connectivity index (χ0) is 22.2. The fraction of sp³-hybridized carbons (Fsp3) is 0.269. The predicted molar refractivity (Wildman–Crippen MR) is 122 cm³/mol. The second-order valence-corrected chi connectivity index (χ2v) is 7.45. The zero-order valence-electron chi connectivity index (χ0n) is 18.4. The maximum Gasteiger partial charge on any atom is 0.130 e. The molecule has 5 heteroatoms. The highest BCUT2D eigenvalue weighted by Crippen LogP contribution is 2.35. The van der Waals surface area contributed by atoms with E-state index in [1.165, 1.54) is 0 Å². The maximum absolute atomic E-state index is 9.81. The summed E-state index contributed by atoms with van der Waals surface area (Å²) in [6, 6.07) is 22.1. The first-order valence-corrected chi connectivity index (χ1v) is 10.3. The summed E-state index contributed by atoms with van der Waals surface area (Å²) in [6.45, 7) is 5.07. The van der Waals surface area contributed by atoms with Crippen LogP contribution >= 0.6 is 0 Å². The van der Waals surface area contributed by atoms with Crippen LogP contribution in [0.15, 0.2) is 60.7 Å². The van der Waals surface area contributed by atoms with Crippen molar-refractivity contribution in [3.8, 4) is 34.4 Å². The summed E-state index contributed by atoms with van der Waals surface area (Å²) in [4.78, 5) is 0.